The van der Waals surface area contributed by atoms with E-state index in [9.17, 15) is 4.79 Å². The number of amidine groups is 1. The van der Waals surface area contributed by atoms with Crippen molar-refractivity contribution in [3.63, 3.8) is 0 Å². The highest BCUT2D eigenvalue weighted by molar-refractivity contribution is 9.10. The summed E-state index contributed by atoms with van der Waals surface area (Å²) in [7, 11) is 3.16. The maximum absolute atomic E-state index is 12.6. The van der Waals surface area contributed by atoms with Gasteiger partial charge in [0.05, 0.1) is 25.8 Å². The molecule has 1 atom stereocenters. The first kappa shape index (κ1) is 16.8. The lowest BCUT2D eigenvalue weighted by Gasteiger charge is -2.17. The van der Waals surface area contributed by atoms with Gasteiger partial charge < -0.3 is 9.47 Å². The van der Waals surface area contributed by atoms with Gasteiger partial charge in [0, 0.05) is 21.7 Å². The summed E-state index contributed by atoms with van der Waals surface area (Å²) < 4.78 is 11.7. The molecule has 2 aromatic carbocycles. The highest BCUT2D eigenvalue weighted by Gasteiger charge is 2.35. The van der Waals surface area contributed by atoms with E-state index in [0.717, 1.165) is 21.3 Å². The molecule has 1 amide bonds. The molecule has 2 aliphatic rings. The Morgan fingerprint density at radius 1 is 1.12 bits per heavy atom. The molecule has 2 aliphatic heterocycles. The SMILES string of the molecule is COc1ccc(C2=CC3C(=NC2=O)[N]c2cc(C)c(Br)cc23)c(OC)c1. The average Bonchev–Trinajstić information content (AvgIpc) is 2.97. The number of methoxy groups -OCH3 is 2. The number of carbonyl (C=O) groups is 1. The normalized spacial score (nSPS) is 17.7. The van der Waals surface area contributed by atoms with E-state index in [4.69, 9.17) is 9.47 Å². The summed E-state index contributed by atoms with van der Waals surface area (Å²) in [5.74, 6) is 1.33. The molecule has 0 aliphatic carbocycles. The number of rotatable bonds is 3. The second-order valence-electron chi connectivity index (χ2n) is 6.17. The minimum atomic E-state index is -0.313. The number of aliphatic imine (C=N–C) groups is 1. The van der Waals surface area contributed by atoms with E-state index in [2.05, 4.69) is 32.3 Å². The zero-order valence-corrected chi connectivity index (χ0v) is 16.1. The molecule has 0 N–H and O–H groups in total. The quantitative estimate of drug-likeness (QED) is 0.762. The lowest BCUT2D eigenvalue weighted by Crippen LogP contribution is -2.19. The van der Waals surface area contributed by atoms with Crippen LogP contribution in [-0.2, 0) is 4.79 Å². The van der Waals surface area contributed by atoms with Crippen molar-refractivity contribution >= 4 is 38.9 Å². The first-order valence-corrected chi connectivity index (χ1v) is 8.90. The predicted molar refractivity (Wildman–Crippen MR) is 103 cm³/mol. The minimum Gasteiger partial charge on any atom is -0.497 e. The van der Waals surface area contributed by atoms with Gasteiger partial charge in [0.25, 0.3) is 5.91 Å². The van der Waals surface area contributed by atoms with Crippen LogP contribution in [0.15, 0.2) is 45.9 Å². The van der Waals surface area contributed by atoms with Gasteiger partial charge in [-0.15, -0.1) is 0 Å². The zero-order chi connectivity index (χ0) is 18.4. The molecule has 0 bridgehead atoms. The van der Waals surface area contributed by atoms with E-state index in [1.165, 1.54) is 0 Å². The van der Waals surface area contributed by atoms with Gasteiger partial charge in [-0.2, -0.15) is 4.99 Å². The van der Waals surface area contributed by atoms with Gasteiger partial charge in [-0.25, -0.2) is 5.32 Å². The van der Waals surface area contributed by atoms with Crippen LogP contribution in [0.3, 0.4) is 0 Å². The summed E-state index contributed by atoms with van der Waals surface area (Å²) in [6, 6.07) is 9.44. The first-order valence-electron chi connectivity index (χ1n) is 8.10. The molecule has 0 saturated heterocycles. The van der Waals surface area contributed by atoms with Gasteiger partial charge in [0.1, 0.15) is 17.3 Å². The Hall–Kier alpha value is -2.60. The first-order chi connectivity index (χ1) is 12.5. The summed E-state index contributed by atoms with van der Waals surface area (Å²) in [5, 5.41) is 4.54. The Balaban J connectivity index is 1.82. The van der Waals surface area contributed by atoms with Crippen molar-refractivity contribution in [2.45, 2.75) is 12.8 Å². The third kappa shape index (κ3) is 2.61. The fourth-order valence-electron chi connectivity index (χ4n) is 3.25. The fourth-order valence-corrected chi connectivity index (χ4v) is 3.61. The molecular formula is C20H16BrN2O3. The number of halogens is 1. The lowest BCUT2D eigenvalue weighted by molar-refractivity contribution is -0.112. The van der Waals surface area contributed by atoms with E-state index in [1.807, 2.05) is 25.1 Å². The average molecular weight is 412 g/mol. The largest absolute Gasteiger partial charge is 0.497 e. The number of aryl methyl sites for hydroxylation is 1. The van der Waals surface area contributed by atoms with Crippen molar-refractivity contribution in [2.24, 2.45) is 4.99 Å². The molecular weight excluding hydrogens is 396 g/mol. The molecule has 0 fully saturated rings. The van der Waals surface area contributed by atoms with E-state index >= 15 is 0 Å². The summed E-state index contributed by atoms with van der Waals surface area (Å²) >= 11 is 3.57. The van der Waals surface area contributed by atoms with Crippen LogP contribution in [0.1, 0.15) is 22.6 Å². The van der Waals surface area contributed by atoms with Crippen LogP contribution in [0.25, 0.3) is 5.57 Å². The number of nitrogens with zero attached hydrogens (tertiary/aromatic N) is 2. The standard InChI is InChI=1S/C20H16BrN2O3/c1-10-6-17-13(9-16(10)21)14-8-15(20(24)23-19(14)22-17)12-5-4-11(25-2)7-18(12)26-3/h4-9,14H,1-3H3. The third-order valence-electron chi connectivity index (χ3n) is 4.63. The summed E-state index contributed by atoms with van der Waals surface area (Å²) in [5.41, 5.74) is 4.21. The van der Waals surface area contributed by atoms with Gasteiger partial charge in [-0.05, 0) is 42.3 Å². The predicted octanol–water partition coefficient (Wildman–Crippen LogP) is 4.13. The number of benzene rings is 2. The van der Waals surface area contributed by atoms with Crippen molar-refractivity contribution in [1.82, 2.24) is 5.32 Å². The van der Waals surface area contributed by atoms with Crippen LogP contribution in [0.4, 0.5) is 5.69 Å². The topological polar surface area (TPSA) is 62.0 Å². The smallest absolute Gasteiger partial charge is 0.279 e. The van der Waals surface area contributed by atoms with E-state index < -0.39 is 0 Å². The second-order valence-corrected chi connectivity index (χ2v) is 7.03. The van der Waals surface area contributed by atoms with Gasteiger partial charge in [0.15, 0.2) is 0 Å². The molecule has 1 unspecified atom stereocenters. The van der Waals surface area contributed by atoms with Crippen molar-refractivity contribution in [1.29, 1.82) is 0 Å². The molecule has 0 aromatic heterocycles. The van der Waals surface area contributed by atoms with Crippen LogP contribution < -0.4 is 14.8 Å². The maximum Gasteiger partial charge on any atom is 0.279 e. The summed E-state index contributed by atoms with van der Waals surface area (Å²) in [6.07, 6.45) is 1.92. The number of ether oxygens (including phenoxy) is 2. The van der Waals surface area contributed by atoms with Crippen molar-refractivity contribution in [2.75, 3.05) is 14.2 Å². The van der Waals surface area contributed by atoms with E-state index in [0.29, 0.717) is 28.5 Å². The maximum atomic E-state index is 12.6. The van der Waals surface area contributed by atoms with Crippen molar-refractivity contribution in [3.05, 3.63) is 57.6 Å². The number of carbonyl (C=O) groups excluding carboxylic acids is 1. The van der Waals surface area contributed by atoms with Crippen LogP contribution in [-0.4, -0.2) is 26.0 Å². The van der Waals surface area contributed by atoms with E-state index in [1.54, 1.807) is 26.4 Å². The Labute approximate surface area is 159 Å². The highest BCUT2D eigenvalue weighted by atomic mass is 79.9. The van der Waals surface area contributed by atoms with Crippen molar-refractivity contribution < 1.29 is 14.3 Å². The summed E-state index contributed by atoms with van der Waals surface area (Å²) in [6.45, 7) is 2.01. The van der Waals surface area contributed by atoms with Crippen LogP contribution in [0.5, 0.6) is 11.5 Å². The van der Waals surface area contributed by atoms with Crippen LogP contribution in [0.2, 0.25) is 0 Å². The molecule has 1 radical (unpaired) electrons. The Bertz CT molecular complexity index is 995. The monoisotopic (exact) mass is 411 g/mol. The molecule has 2 aromatic rings. The molecule has 0 spiro atoms. The Morgan fingerprint density at radius 3 is 2.65 bits per heavy atom. The van der Waals surface area contributed by atoms with Crippen molar-refractivity contribution in [3.8, 4) is 11.5 Å². The molecule has 26 heavy (non-hydrogen) atoms. The molecule has 0 saturated carbocycles. The van der Waals surface area contributed by atoms with Gasteiger partial charge >= 0.3 is 0 Å². The van der Waals surface area contributed by atoms with Gasteiger partial charge in [0.2, 0.25) is 0 Å². The molecule has 131 valence electrons. The Morgan fingerprint density at radius 2 is 1.92 bits per heavy atom. The molecule has 2 heterocycles. The molecule has 4 rings (SSSR count). The Kier molecular flexibility index (Phi) is 4.07. The number of hydrogen-bond donors (Lipinski definition) is 0. The number of fused-ring (bicyclic) bond motifs is 3. The highest BCUT2D eigenvalue weighted by Crippen LogP contribution is 2.42. The summed E-state index contributed by atoms with van der Waals surface area (Å²) in [4.78, 5) is 16.9. The lowest BCUT2D eigenvalue weighted by atomic mass is 9.91. The van der Waals surface area contributed by atoms with Gasteiger partial charge in [-0.1, -0.05) is 22.0 Å². The van der Waals surface area contributed by atoms with Crippen LogP contribution >= 0.6 is 15.9 Å². The zero-order valence-electron chi connectivity index (χ0n) is 14.5. The number of amides is 1. The van der Waals surface area contributed by atoms with Gasteiger partial charge in [-0.3, -0.25) is 4.79 Å². The van der Waals surface area contributed by atoms with E-state index in [-0.39, 0.29) is 11.8 Å². The minimum absolute atomic E-state index is 0.138. The second kappa shape index (κ2) is 6.29. The number of dihydropyridines is 1. The fraction of sp³-hybridized carbons (Fsp3) is 0.200. The number of hydrogen-bond acceptors (Lipinski definition) is 3. The third-order valence-corrected chi connectivity index (χ3v) is 5.49. The van der Waals surface area contributed by atoms with Crippen LogP contribution in [0, 0.1) is 6.92 Å². The molecule has 5 nitrogen and oxygen atoms in total. The molecule has 6 heteroatoms.